The molecule has 0 spiro atoms. The van der Waals surface area contributed by atoms with Crippen molar-refractivity contribution >= 4 is 12.3 Å². The van der Waals surface area contributed by atoms with Crippen molar-refractivity contribution in [2.24, 2.45) is 0 Å². The number of rotatable bonds is 5. The molecule has 3 heteroatoms. The van der Waals surface area contributed by atoms with Crippen LogP contribution >= 0.6 is 0 Å². The Morgan fingerprint density at radius 3 is 2.47 bits per heavy atom. The van der Waals surface area contributed by atoms with Gasteiger partial charge in [0, 0.05) is 6.08 Å². The molecule has 82 valence electrons. The van der Waals surface area contributed by atoms with Crippen LogP contribution in [0.15, 0.2) is 35.5 Å². The van der Waals surface area contributed by atoms with E-state index in [-0.39, 0.29) is 5.97 Å². The summed E-state index contributed by atoms with van der Waals surface area (Å²) < 4.78 is 4.74. The highest BCUT2D eigenvalue weighted by molar-refractivity contribution is 5.83. The fourth-order valence-corrected chi connectivity index (χ4v) is 0.809. The van der Waals surface area contributed by atoms with Gasteiger partial charge in [0.1, 0.15) is 6.29 Å². The van der Waals surface area contributed by atoms with Gasteiger partial charge >= 0.3 is 5.97 Å². The minimum Gasteiger partial charge on any atom is -0.463 e. The lowest BCUT2D eigenvalue weighted by atomic mass is 10.2. The molecular weight excluding hydrogens is 192 g/mol. The standard InChI is InChI=1S/C12H16O3/c1-4-15-12(14)8-10(2)6-5-7-11(3)9-13/h5-9H,4H2,1-3H3/b6-5+,10-8+,11-7-. The van der Waals surface area contributed by atoms with Gasteiger partial charge in [-0.3, -0.25) is 4.79 Å². The summed E-state index contributed by atoms with van der Waals surface area (Å²) in [5.74, 6) is -0.351. The van der Waals surface area contributed by atoms with Gasteiger partial charge in [0.25, 0.3) is 0 Å². The molecule has 0 saturated carbocycles. The Kier molecular flexibility index (Phi) is 6.89. The molecule has 0 rings (SSSR count). The number of allylic oxidation sites excluding steroid dienone is 5. The molecule has 3 nitrogen and oxygen atoms in total. The lowest BCUT2D eigenvalue weighted by molar-refractivity contribution is -0.137. The van der Waals surface area contributed by atoms with E-state index in [9.17, 15) is 9.59 Å². The number of esters is 1. The summed E-state index contributed by atoms with van der Waals surface area (Å²) in [5.41, 5.74) is 1.42. The molecule has 0 unspecified atom stereocenters. The third-order valence-corrected chi connectivity index (χ3v) is 1.54. The van der Waals surface area contributed by atoms with Gasteiger partial charge in [-0.25, -0.2) is 4.79 Å². The summed E-state index contributed by atoms with van der Waals surface area (Å²) in [6, 6.07) is 0. The molecule has 0 atom stereocenters. The van der Waals surface area contributed by atoms with E-state index in [1.54, 1.807) is 39.0 Å². The quantitative estimate of drug-likeness (QED) is 0.301. The number of carbonyl (C=O) groups is 2. The Hall–Kier alpha value is -1.64. The number of ether oxygens (including phenoxy) is 1. The van der Waals surface area contributed by atoms with Crippen LogP contribution in [-0.4, -0.2) is 18.9 Å². The minimum atomic E-state index is -0.351. The van der Waals surface area contributed by atoms with Crippen LogP contribution in [0.1, 0.15) is 20.8 Å². The van der Waals surface area contributed by atoms with Crippen molar-refractivity contribution in [2.45, 2.75) is 20.8 Å². The van der Waals surface area contributed by atoms with Crippen LogP contribution in [0.5, 0.6) is 0 Å². The number of carbonyl (C=O) groups excluding carboxylic acids is 2. The first-order chi connectivity index (χ1) is 7.10. The maximum absolute atomic E-state index is 11.0. The van der Waals surface area contributed by atoms with Crippen LogP contribution in [0.4, 0.5) is 0 Å². The second-order valence-corrected chi connectivity index (χ2v) is 3.03. The third kappa shape index (κ3) is 7.43. The summed E-state index contributed by atoms with van der Waals surface area (Å²) in [4.78, 5) is 21.3. The van der Waals surface area contributed by atoms with E-state index in [1.807, 2.05) is 0 Å². The van der Waals surface area contributed by atoms with Gasteiger partial charge in [-0.2, -0.15) is 0 Å². The van der Waals surface area contributed by atoms with Crippen molar-refractivity contribution in [1.29, 1.82) is 0 Å². The van der Waals surface area contributed by atoms with Crippen molar-refractivity contribution in [3.8, 4) is 0 Å². The second-order valence-electron chi connectivity index (χ2n) is 3.03. The second kappa shape index (κ2) is 7.74. The molecule has 0 aromatic heterocycles. The molecule has 0 radical (unpaired) electrons. The molecule has 0 aliphatic heterocycles. The summed E-state index contributed by atoms with van der Waals surface area (Å²) in [6.07, 6.45) is 7.31. The average molecular weight is 208 g/mol. The zero-order valence-electron chi connectivity index (χ0n) is 9.32. The maximum Gasteiger partial charge on any atom is 0.330 e. The molecule has 0 aliphatic rings. The molecule has 0 aromatic carbocycles. The van der Waals surface area contributed by atoms with E-state index < -0.39 is 0 Å². The summed E-state index contributed by atoms with van der Waals surface area (Å²) in [5, 5.41) is 0. The van der Waals surface area contributed by atoms with Crippen molar-refractivity contribution in [1.82, 2.24) is 0 Å². The molecule has 0 amide bonds. The molecule has 0 bridgehead atoms. The minimum absolute atomic E-state index is 0.351. The van der Waals surface area contributed by atoms with Gasteiger partial charge in [-0.1, -0.05) is 18.2 Å². The van der Waals surface area contributed by atoms with Crippen molar-refractivity contribution in [2.75, 3.05) is 6.61 Å². The number of aldehydes is 1. The van der Waals surface area contributed by atoms with E-state index in [2.05, 4.69) is 0 Å². The fraction of sp³-hybridized carbons (Fsp3) is 0.333. The van der Waals surface area contributed by atoms with Gasteiger partial charge in [0.05, 0.1) is 6.61 Å². The average Bonchev–Trinajstić information content (AvgIpc) is 2.17. The highest BCUT2D eigenvalue weighted by atomic mass is 16.5. The first kappa shape index (κ1) is 13.4. The molecule has 0 heterocycles. The zero-order valence-corrected chi connectivity index (χ0v) is 9.32. The van der Waals surface area contributed by atoms with Crippen LogP contribution in [0.3, 0.4) is 0 Å². The Balaban J connectivity index is 4.29. The van der Waals surface area contributed by atoms with Crippen molar-refractivity contribution < 1.29 is 14.3 Å². The molecule has 0 saturated heterocycles. The lowest BCUT2D eigenvalue weighted by Crippen LogP contribution is -1.99. The van der Waals surface area contributed by atoms with E-state index in [0.29, 0.717) is 12.2 Å². The smallest absolute Gasteiger partial charge is 0.330 e. The predicted octanol–water partition coefficient (Wildman–Crippen LogP) is 2.20. The summed E-state index contributed by atoms with van der Waals surface area (Å²) in [6.45, 7) is 5.63. The first-order valence-electron chi connectivity index (χ1n) is 4.75. The summed E-state index contributed by atoms with van der Waals surface area (Å²) >= 11 is 0. The van der Waals surface area contributed by atoms with Crippen LogP contribution in [0, 0.1) is 0 Å². The van der Waals surface area contributed by atoms with E-state index in [0.717, 1.165) is 11.9 Å². The van der Waals surface area contributed by atoms with E-state index in [4.69, 9.17) is 4.74 Å². The normalized spacial score (nSPS) is 13.0. The molecule has 0 N–H and O–H groups in total. The van der Waals surface area contributed by atoms with Gasteiger partial charge in [0.15, 0.2) is 0 Å². The SMILES string of the molecule is CCOC(=O)/C=C(C)/C=C/C=C(/C)C=O. The van der Waals surface area contributed by atoms with Crippen LogP contribution in [-0.2, 0) is 14.3 Å². The fourth-order valence-electron chi connectivity index (χ4n) is 0.809. The molecule has 0 aliphatic carbocycles. The highest BCUT2D eigenvalue weighted by Crippen LogP contribution is 1.97. The van der Waals surface area contributed by atoms with Crippen molar-refractivity contribution in [3.63, 3.8) is 0 Å². The third-order valence-electron chi connectivity index (χ3n) is 1.54. The predicted molar refractivity (Wildman–Crippen MR) is 59.4 cm³/mol. The highest BCUT2D eigenvalue weighted by Gasteiger charge is 1.94. The first-order valence-corrected chi connectivity index (χ1v) is 4.75. The van der Waals surface area contributed by atoms with E-state index >= 15 is 0 Å². The Morgan fingerprint density at radius 2 is 1.93 bits per heavy atom. The Morgan fingerprint density at radius 1 is 1.27 bits per heavy atom. The van der Waals surface area contributed by atoms with Gasteiger partial charge < -0.3 is 4.74 Å². The zero-order chi connectivity index (χ0) is 11.7. The molecule has 0 fully saturated rings. The van der Waals surface area contributed by atoms with E-state index in [1.165, 1.54) is 6.08 Å². The van der Waals surface area contributed by atoms with Gasteiger partial charge in [0.2, 0.25) is 0 Å². The molecule has 0 aromatic rings. The lowest BCUT2D eigenvalue weighted by Gasteiger charge is -1.95. The van der Waals surface area contributed by atoms with Crippen LogP contribution in [0.25, 0.3) is 0 Å². The van der Waals surface area contributed by atoms with Gasteiger partial charge in [-0.05, 0) is 31.9 Å². The van der Waals surface area contributed by atoms with Crippen molar-refractivity contribution in [3.05, 3.63) is 35.5 Å². The van der Waals surface area contributed by atoms with Crippen LogP contribution < -0.4 is 0 Å². The van der Waals surface area contributed by atoms with Crippen LogP contribution in [0.2, 0.25) is 0 Å². The maximum atomic E-state index is 11.0. The number of hydrogen-bond donors (Lipinski definition) is 0. The summed E-state index contributed by atoms with van der Waals surface area (Å²) in [7, 11) is 0. The molecular formula is C12H16O3. The Bertz CT molecular complexity index is 309. The largest absolute Gasteiger partial charge is 0.463 e. The molecule has 15 heavy (non-hydrogen) atoms. The number of hydrogen-bond acceptors (Lipinski definition) is 3. The Labute approximate surface area is 90.1 Å². The monoisotopic (exact) mass is 208 g/mol. The topological polar surface area (TPSA) is 43.4 Å². The van der Waals surface area contributed by atoms with Gasteiger partial charge in [-0.15, -0.1) is 0 Å².